The lowest BCUT2D eigenvalue weighted by atomic mass is 9.70. The van der Waals surface area contributed by atoms with Crippen molar-refractivity contribution in [3.05, 3.63) is 468 Å². The van der Waals surface area contributed by atoms with Crippen LogP contribution in [0, 0.1) is 0 Å². The summed E-state index contributed by atoms with van der Waals surface area (Å²) in [4.78, 5) is 5.12. The lowest BCUT2D eigenvalue weighted by molar-refractivity contribution is 0.522. The Kier molecular flexibility index (Phi) is 16.0. The topological polar surface area (TPSA) is 6.48 Å². The van der Waals surface area contributed by atoms with Gasteiger partial charge in [0.1, 0.15) is 0 Å². The number of nitrogens with zero attached hydrogens (tertiary/aromatic N) is 2. The van der Waals surface area contributed by atoms with E-state index in [0.29, 0.717) is 0 Å². The van der Waals surface area contributed by atoms with Crippen LogP contribution in [-0.4, -0.2) is 0 Å². The normalized spacial score (nSPS) is 14.3. The molecule has 4 aliphatic carbocycles. The summed E-state index contributed by atoms with van der Waals surface area (Å²) >= 11 is 3.76. The highest BCUT2D eigenvalue weighted by Gasteiger charge is 2.54. The number of thiophene rings is 2. The number of anilines is 6. The summed E-state index contributed by atoms with van der Waals surface area (Å²) in [6.45, 7) is 11.7. The molecule has 1 unspecified atom stereocenters. The van der Waals surface area contributed by atoms with Crippen molar-refractivity contribution >= 4 is 119 Å². The Balaban J connectivity index is 0.613. The minimum atomic E-state index is -0.573. The third-order valence-electron chi connectivity index (χ3n) is 28.0. The number of fused-ring (bicyclic) bond motifs is 28. The molecule has 0 amide bonds. The first-order valence-electron chi connectivity index (χ1n) is 43.5. The van der Waals surface area contributed by atoms with Gasteiger partial charge in [0, 0.05) is 74.2 Å². The van der Waals surface area contributed by atoms with Crippen molar-refractivity contribution in [1.82, 2.24) is 0 Å². The second-order valence-corrected chi connectivity index (χ2v) is 38.3. The number of rotatable bonds is 12. The van der Waals surface area contributed by atoms with Gasteiger partial charge in [-0.15, -0.1) is 22.7 Å². The molecule has 0 saturated heterocycles. The van der Waals surface area contributed by atoms with E-state index >= 15 is 0 Å². The van der Waals surface area contributed by atoms with Crippen molar-refractivity contribution in [2.75, 3.05) is 9.80 Å². The molecule has 1 atom stereocenters. The van der Waals surface area contributed by atoms with E-state index in [9.17, 15) is 0 Å². The molecule has 0 N–H and O–H groups in total. The van der Waals surface area contributed by atoms with E-state index in [1.165, 1.54) is 201 Å². The maximum absolute atomic E-state index is 2.57. The summed E-state index contributed by atoms with van der Waals surface area (Å²) in [6, 6.07) is 156. The molecule has 2 heterocycles. The highest BCUT2D eigenvalue weighted by molar-refractivity contribution is 7.26. The molecule has 25 rings (SSSR count). The van der Waals surface area contributed by atoms with Crippen molar-refractivity contribution < 1.29 is 0 Å². The zero-order chi connectivity index (χ0) is 82.5. The molecular weight excluding hydrogens is 1530 g/mol. The van der Waals surface area contributed by atoms with Gasteiger partial charge in [0.2, 0.25) is 0 Å². The van der Waals surface area contributed by atoms with Crippen LogP contribution in [0.15, 0.2) is 406 Å². The van der Waals surface area contributed by atoms with E-state index in [2.05, 4.69) is 451 Å². The van der Waals surface area contributed by atoms with Gasteiger partial charge < -0.3 is 9.80 Å². The Bertz CT molecular complexity index is 8000. The summed E-state index contributed by atoms with van der Waals surface area (Å²) in [6.07, 6.45) is 0.828. The molecular formula is C120H84N2S2. The second kappa shape index (κ2) is 27.4. The molecule has 19 aromatic carbocycles. The van der Waals surface area contributed by atoms with Crippen LogP contribution in [0.3, 0.4) is 0 Å². The van der Waals surface area contributed by atoms with Gasteiger partial charge in [-0.1, -0.05) is 356 Å². The summed E-state index contributed by atoms with van der Waals surface area (Å²) in [5, 5.41) is 10.0. The van der Waals surface area contributed by atoms with Gasteiger partial charge in [-0.25, -0.2) is 0 Å². The average molecular weight is 1620 g/mol. The zero-order valence-corrected chi connectivity index (χ0v) is 71.2. The van der Waals surface area contributed by atoms with Crippen LogP contribution >= 0.6 is 22.7 Å². The lowest BCUT2D eigenvalue weighted by Crippen LogP contribution is -2.26. The van der Waals surface area contributed by atoms with E-state index in [1.807, 2.05) is 22.7 Å². The van der Waals surface area contributed by atoms with Gasteiger partial charge >= 0.3 is 0 Å². The fourth-order valence-electron chi connectivity index (χ4n) is 22.6. The average Bonchev–Trinajstić information content (AvgIpc) is 1.51. The van der Waals surface area contributed by atoms with Crippen LogP contribution in [0.1, 0.15) is 95.8 Å². The van der Waals surface area contributed by atoms with E-state index in [4.69, 9.17) is 0 Å². The summed E-state index contributed by atoms with van der Waals surface area (Å²) < 4.78 is 5.15. The van der Waals surface area contributed by atoms with Gasteiger partial charge in [-0.3, -0.25) is 0 Å². The van der Waals surface area contributed by atoms with E-state index in [0.717, 1.165) is 40.5 Å². The van der Waals surface area contributed by atoms with Gasteiger partial charge in [0.25, 0.3) is 0 Å². The van der Waals surface area contributed by atoms with Crippen LogP contribution < -0.4 is 9.80 Å². The molecule has 586 valence electrons. The minimum absolute atomic E-state index is 0.0571. The highest BCUT2D eigenvalue weighted by atomic mass is 32.1. The summed E-state index contributed by atoms with van der Waals surface area (Å²) in [7, 11) is 0. The first kappa shape index (κ1) is 72.5. The fraction of sp³-hybridized carbons (Fsp3) is 0.0833. The quantitative estimate of drug-likeness (QED) is 0.120. The predicted octanol–water partition coefficient (Wildman–Crippen LogP) is 33.2. The summed E-state index contributed by atoms with van der Waals surface area (Å²) in [5.41, 5.74) is 37.4. The van der Waals surface area contributed by atoms with Crippen LogP contribution in [0.5, 0.6) is 0 Å². The van der Waals surface area contributed by atoms with Gasteiger partial charge in [0.15, 0.2) is 0 Å². The Morgan fingerprint density at radius 3 is 1.00 bits per heavy atom. The van der Waals surface area contributed by atoms with Crippen molar-refractivity contribution in [2.24, 2.45) is 0 Å². The maximum Gasteiger partial charge on any atom is 0.0725 e. The molecule has 2 aromatic heterocycles. The maximum atomic E-state index is 2.57. The largest absolute Gasteiger partial charge is 0.310 e. The van der Waals surface area contributed by atoms with Gasteiger partial charge in [0.05, 0.1) is 22.2 Å². The molecule has 4 heteroatoms. The van der Waals surface area contributed by atoms with Gasteiger partial charge in [-0.05, 0) is 252 Å². The van der Waals surface area contributed by atoms with Crippen molar-refractivity contribution in [3.8, 4) is 77.9 Å². The molecule has 2 spiro atoms. The molecule has 0 bridgehead atoms. The number of hydrogen-bond donors (Lipinski definition) is 0. The first-order chi connectivity index (χ1) is 60.9. The van der Waals surface area contributed by atoms with Gasteiger partial charge in [-0.2, -0.15) is 0 Å². The predicted molar refractivity (Wildman–Crippen MR) is 527 cm³/mol. The minimum Gasteiger partial charge on any atom is -0.310 e. The Labute approximate surface area is 731 Å². The standard InChI is InChI=1S/C120H84N2S2/c1-117(2,3)79-55-49-75(50-56-79)76-51-59-81(60-52-76)121(107-68-53-77-26-6-8-28-85(77)113(107)94-37-24-46-111-115(94)92-35-15-22-44-109(92)123-111)83-64-67-106-98(71-83)91-34-14-21-43-103(91)120(106)101-41-19-12-32-89(101)96-70-74(48-65-104(96)120)73-118(4,5)80-57-61-82(62-58-80)122(108-69-54-78-27-7-9-29-86(78)114(108)95-38-25-47-112-116(95)93-36-16-23-45-110(93)124-112)84-63-66-105-97(72-84)90-33-13-20-42-102(90)119(105)99-39-17-10-30-87(99)88-31-11-18-40-100(88)119/h6-72H,73H2,1-5H3. The number of hydrogen-bond acceptors (Lipinski definition) is 4. The smallest absolute Gasteiger partial charge is 0.0725 e. The molecule has 21 aromatic rings. The van der Waals surface area contributed by atoms with Crippen LogP contribution in [0.4, 0.5) is 34.1 Å². The third-order valence-corrected chi connectivity index (χ3v) is 30.3. The highest BCUT2D eigenvalue weighted by Crippen LogP contribution is 2.66. The first-order valence-corrected chi connectivity index (χ1v) is 45.2. The lowest BCUT2D eigenvalue weighted by Gasteiger charge is -2.32. The van der Waals surface area contributed by atoms with E-state index in [-0.39, 0.29) is 10.8 Å². The Morgan fingerprint density at radius 2 is 0.565 bits per heavy atom. The zero-order valence-electron chi connectivity index (χ0n) is 69.6. The van der Waals surface area contributed by atoms with Crippen molar-refractivity contribution in [3.63, 3.8) is 0 Å². The molecule has 2 nitrogen and oxygen atoms in total. The number of benzene rings is 19. The Morgan fingerprint density at radius 1 is 0.242 bits per heavy atom. The third kappa shape index (κ3) is 10.6. The van der Waals surface area contributed by atoms with Crippen molar-refractivity contribution in [1.29, 1.82) is 0 Å². The van der Waals surface area contributed by atoms with Crippen LogP contribution in [-0.2, 0) is 28.1 Å². The van der Waals surface area contributed by atoms with E-state index in [1.54, 1.807) is 0 Å². The second-order valence-electron chi connectivity index (χ2n) is 36.1. The molecule has 0 aliphatic heterocycles. The molecule has 0 radical (unpaired) electrons. The molecule has 124 heavy (non-hydrogen) atoms. The Hall–Kier alpha value is -14.3. The molecule has 0 saturated carbocycles. The van der Waals surface area contributed by atoms with Crippen LogP contribution in [0.2, 0.25) is 0 Å². The fourth-order valence-corrected chi connectivity index (χ4v) is 24.8. The van der Waals surface area contributed by atoms with Crippen LogP contribution in [0.25, 0.3) is 140 Å². The van der Waals surface area contributed by atoms with Crippen molar-refractivity contribution in [2.45, 2.75) is 62.7 Å². The SMILES string of the molecule is CC(C)(C)c1ccc(-c2ccc(N(c3ccc4c(c3)-c3ccccc3C43c4ccccc4-c4cc(CC(C)(C)c5ccc(N(c6ccc7c(c6)-c6ccccc6C76c7ccccc7-c7ccccc76)c6ccc7ccccc7c6-c6cccc7sc8ccccc8c67)cc5)ccc43)c3ccc4ccccc4c3-c3cccc4sc5ccccc5c34)cc2)cc1. The van der Waals surface area contributed by atoms with E-state index < -0.39 is 10.8 Å². The summed E-state index contributed by atoms with van der Waals surface area (Å²) in [5.74, 6) is 0. The molecule has 4 aliphatic rings. The molecule has 0 fully saturated rings. The monoisotopic (exact) mass is 1620 g/mol.